The molecular weight excluding hydrogens is 254 g/mol. The first-order valence-electron chi connectivity index (χ1n) is 5.84. The minimum atomic E-state index is -1.18. The molecule has 0 aliphatic rings. The Morgan fingerprint density at radius 1 is 1.26 bits per heavy atom. The highest BCUT2D eigenvalue weighted by atomic mass is 16.6. The topological polar surface area (TPSA) is 93.1 Å². The second-order valence-corrected chi connectivity index (χ2v) is 5.18. The summed E-state index contributed by atoms with van der Waals surface area (Å²) in [5, 5.41) is 8.77. The Labute approximate surface area is 112 Å². The molecule has 1 atom stereocenters. The summed E-state index contributed by atoms with van der Waals surface area (Å²) in [5.74, 6) is -2.32. The molecule has 7 heteroatoms. The lowest BCUT2D eigenvalue weighted by Gasteiger charge is -2.27. The molecule has 1 amide bonds. The molecule has 0 aromatic rings. The van der Waals surface area contributed by atoms with Crippen molar-refractivity contribution in [3.05, 3.63) is 0 Å². The van der Waals surface area contributed by atoms with Gasteiger partial charge in [0, 0.05) is 6.54 Å². The second kappa shape index (κ2) is 6.96. The van der Waals surface area contributed by atoms with Crippen molar-refractivity contribution in [2.24, 2.45) is 5.92 Å². The van der Waals surface area contributed by atoms with Crippen molar-refractivity contribution >= 4 is 18.0 Å². The second-order valence-electron chi connectivity index (χ2n) is 5.18. The SMILES string of the molecule is COC(=O)[C@H](C)CN(CC(=O)O)C(=O)OC(C)(C)C. The maximum Gasteiger partial charge on any atom is 0.410 e. The zero-order valence-corrected chi connectivity index (χ0v) is 11.9. The predicted molar refractivity (Wildman–Crippen MR) is 66.6 cm³/mol. The standard InChI is InChI=1S/C12H21NO6/c1-8(10(16)18-5)6-13(7-9(14)15)11(17)19-12(2,3)4/h8H,6-7H2,1-5H3,(H,14,15)/t8-/m1/s1. The lowest BCUT2D eigenvalue weighted by Crippen LogP contribution is -2.43. The molecule has 0 aliphatic carbocycles. The minimum Gasteiger partial charge on any atom is -0.480 e. The number of esters is 1. The van der Waals surface area contributed by atoms with E-state index in [0.717, 1.165) is 4.90 Å². The van der Waals surface area contributed by atoms with Crippen LogP contribution in [0.5, 0.6) is 0 Å². The monoisotopic (exact) mass is 275 g/mol. The molecular formula is C12H21NO6. The molecule has 110 valence electrons. The number of carboxylic acids is 1. The van der Waals surface area contributed by atoms with E-state index in [4.69, 9.17) is 9.84 Å². The fourth-order valence-corrected chi connectivity index (χ4v) is 1.30. The van der Waals surface area contributed by atoms with Crippen LogP contribution in [0, 0.1) is 5.92 Å². The van der Waals surface area contributed by atoms with Crippen LogP contribution < -0.4 is 0 Å². The van der Waals surface area contributed by atoms with Crippen LogP contribution in [0.25, 0.3) is 0 Å². The number of rotatable bonds is 5. The van der Waals surface area contributed by atoms with Gasteiger partial charge in [0.05, 0.1) is 13.0 Å². The Balaban J connectivity index is 4.76. The average Bonchev–Trinajstić information content (AvgIpc) is 2.23. The van der Waals surface area contributed by atoms with Gasteiger partial charge < -0.3 is 14.6 Å². The van der Waals surface area contributed by atoms with Crippen LogP contribution in [0.1, 0.15) is 27.7 Å². The maximum atomic E-state index is 11.8. The first-order valence-corrected chi connectivity index (χ1v) is 5.84. The number of carbonyl (C=O) groups excluding carboxylic acids is 2. The molecule has 0 saturated carbocycles. The van der Waals surface area contributed by atoms with Gasteiger partial charge in [-0.1, -0.05) is 6.92 Å². The first kappa shape index (κ1) is 17.2. The van der Waals surface area contributed by atoms with Crippen molar-refractivity contribution in [2.75, 3.05) is 20.2 Å². The number of ether oxygens (including phenoxy) is 2. The Bertz CT molecular complexity index is 347. The molecule has 0 rings (SSSR count). The van der Waals surface area contributed by atoms with E-state index in [-0.39, 0.29) is 6.54 Å². The molecule has 0 radical (unpaired) electrons. The van der Waals surface area contributed by atoms with Crippen LogP contribution in [0.15, 0.2) is 0 Å². The van der Waals surface area contributed by atoms with Gasteiger partial charge in [-0.3, -0.25) is 14.5 Å². The number of carbonyl (C=O) groups is 3. The number of carboxylic acid groups (broad SMARTS) is 1. The molecule has 0 aliphatic heterocycles. The van der Waals surface area contributed by atoms with Gasteiger partial charge in [0.15, 0.2) is 0 Å². The summed E-state index contributed by atoms with van der Waals surface area (Å²) in [6, 6.07) is 0. The van der Waals surface area contributed by atoms with Crippen LogP contribution in [0.4, 0.5) is 4.79 Å². The molecule has 1 N–H and O–H groups in total. The largest absolute Gasteiger partial charge is 0.480 e. The zero-order chi connectivity index (χ0) is 15.2. The normalized spacial score (nSPS) is 12.5. The number of methoxy groups -OCH3 is 1. The highest BCUT2D eigenvalue weighted by Crippen LogP contribution is 2.11. The molecule has 0 saturated heterocycles. The Morgan fingerprint density at radius 3 is 2.16 bits per heavy atom. The van der Waals surface area contributed by atoms with Crippen LogP contribution in [-0.4, -0.2) is 53.8 Å². The molecule has 0 aromatic heterocycles. The van der Waals surface area contributed by atoms with Crippen LogP contribution in [0.2, 0.25) is 0 Å². The van der Waals surface area contributed by atoms with E-state index in [1.165, 1.54) is 7.11 Å². The van der Waals surface area contributed by atoms with Crippen LogP contribution in [-0.2, 0) is 19.1 Å². The summed E-state index contributed by atoms with van der Waals surface area (Å²) >= 11 is 0. The summed E-state index contributed by atoms with van der Waals surface area (Å²) in [7, 11) is 1.23. The number of amides is 1. The Hall–Kier alpha value is -1.79. The third kappa shape index (κ3) is 7.28. The summed E-state index contributed by atoms with van der Waals surface area (Å²) < 4.78 is 9.62. The van der Waals surface area contributed by atoms with E-state index in [1.807, 2.05) is 0 Å². The van der Waals surface area contributed by atoms with Crippen molar-refractivity contribution in [2.45, 2.75) is 33.3 Å². The van der Waals surface area contributed by atoms with Crippen molar-refractivity contribution < 1.29 is 29.0 Å². The minimum absolute atomic E-state index is 0.0755. The van der Waals surface area contributed by atoms with Crippen molar-refractivity contribution in [3.8, 4) is 0 Å². The van der Waals surface area contributed by atoms with E-state index < -0.39 is 36.1 Å². The highest BCUT2D eigenvalue weighted by molar-refractivity contribution is 5.78. The molecule has 0 spiro atoms. The summed E-state index contributed by atoms with van der Waals surface area (Å²) in [6.07, 6.45) is -0.773. The van der Waals surface area contributed by atoms with Gasteiger partial charge in [-0.2, -0.15) is 0 Å². The Morgan fingerprint density at radius 2 is 1.79 bits per heavy atom. The van der Waals surface area contributed by atoms with Gasteiger partial charge in [-0.15, -0.1) is 0 Å². The van der Waals surface area contributed by atoms with E-state index >= 15 is 0 Å². The average molecular weight is 275 g/mol. The fourth-order valence-electron chi connectivity index (χ4n) is 1.30. The lowest BCUT2D eigenvalue weighted by atomic mass is 10.1. The third-order valence-electron chi connectivity index (χ3n) is 2.08. The fraction of sp³-hybridized carbons (Fsp3) is 0.750. The summed E-state index contributed by atoms with van der Waals surface area (Å²) in [5.41, 5.74) is -0.734. The highest BCUT2D eigenvalue weighted by Gasteiger charge is 2.27. The third-order valence-corrected chi connectivity index (χ3v) is 2.08. The summed E-state index contributed by atoms with van der Waals surface area (Å²) in [4.78, 5) is 34.8. The first-order chi connectivity index (χ1) is 8.56. The van der Waals surface area contributed by atoms with Gasteiger partial charge in [0.1, 0.15) is 12.1 Å². The van der Waals surface area contributed by atoms with Crippen LogP contribution >= 0.6 is 0 Å². The van der Waals surface area contributed by atoms with Gasteiger partial charge in [0.25, 0.3) is 0 Å². The van der Waals surface area contributed by atoms with Gasteiger partial charge in [-0.25, -0.2) is 4.79 Å². The number of hydrogen-bond donors (Lipinski definition) is 1. The zero-order valence-electron chi connectivity index (χ0n) is 11.9. The van der Waals surface area contributed by atoms with E-state index in [2.05, 4.69) is 4.74 Å². The van der Waals surface area contributed by atoms with Gasteiger partial charge >= 0.3 is 18.0 Å². The van der Waals surface area contributed by atoms with Crippen LogP contribution in [0.3, 0.4) is 0 Å². The molecule has 7 nitrogen and oxygen atoms in total. The van der Waals surface area contributed by atoms with E-state index in [9.17, 15) is 14.4 Å². The van der Waals surface area contributed by atoms with E-state index in [0.29, 0.717) is 0 Å². The molecule has 0 fully saturated rings. The molecule has 0 aromatic carbocycles. The van der Waals surface area contributed by atoms with Crippen molar-refractivity contribution in [3.63, 3.8) is 0 Å². The van der Waals surface area contributed by atoms with Crippen molar-refractivity contribution in [1.82, 2.24) is 4.90 Å². The smallest absolute Gasteiger partial charge is 0.410 e. The van der Waals surface area contributed by atoms with Gasteiger partial charge in [-0.05, 0) is 20.8 Å². The number of nitrogens with zero attached hydrogens (tertiary/aromatic N) is 1. The summed E-state index contributed by atoms with van der Waals surface area (Å²) in [6.45, 7) is 5.96. The van der Waals surface area contributed by atoms with E-state index in [1.54, 1.807) is 27.7 Å². The van der Waals surface area contributed by atoms with Crippen molar-refractivity contribution in [1.29, 1.82) is 0 Å². The molecule has 0 unspecified atom stereocenters. The Kier molecular flexibility index (Phi) is 6.31. The lowest BCUT2D eigenvalue weighted by molar-refractivity contribution is -0.146. The molecule has 0 bridgehead atoms. The molecule has 0 heterocycles. The predicted octanol–water partition coefficient (Wildman–Crippen LogP) is 1.12. The number of hydrogen-bond acceptors (Lipinski definition) is 5. The van der Waals surface area contributed by atoms with Gasteiger partial charge in [0.2, 0.25) is 0 Å². The number of aliphatic carboxylic acids is 1. The quantitative estimate of drug-likeness (QED) is 0.756. The molecule has 19 heavy (non-hydrogen) atoms. The maximum absolute atomic E-state index is 11.8.